The van der Waals surface area contributed by atoms with Crippen molar-refractivity contribution in [2.75, 3.05) is 0 Å². The molecular weight excluding hydrogens is 702 g/mol. The van der Waals surface area contributed by atoms with Gasteiger partial charge in [-0.2, -0.15) is 26.3 Å². The lowest BCUT2D eigenvalue weighted by Crippen LogP contribution is -2.53. The van der Waals surface area contributed by atoms with Crippen LogP contribution in [0.15, 0.2) is 79.9 Å². The first-order valence-corrected chi connectivity index (χ1v) is 16.8. The van der Waals surface area contributed by atoms with Crippen LogP contribution < -0.4 is 0 Å². The molecule has 1 aliphatic carbocycles. The molecule has 2 aromatic carbocycles. The zero-order valence-corrected chi connectivity index (χ0v) is 30.7. The first-order chi connectivity index (χ1) is 24.4. The van der Waals surface area contributed by atoms with E-state index in [-0.39, 0.29) is 19.3 Å². The fourth-order valence-electron chi connectivity index (χ4n) is 5.45. The molecule has 6 nitrogen and oxygen atoms in total. The highest BCUT2D eigenvalue weighted by Gasteiger charge is 2.65. The zero-order valence-electron chi connectivity index (χ0n) is 30.7. The quantitative estimate of drug-likeness (QED) is 0.115. The van der Waals surface area contributed by atoms with Crippen molar-refractivity contribution in [2.24, 2.45) is 10.8 Å². The normalized spacial score (nSPS) is 16.6. The van der Waals surface area contributed by atoms with Crippen LogP contribution in [0.4, 0.5) is 26.3 Å². The lowest BCUT2D eigenvalue weighted by molar-refractivity contribution is -0.235. The van der Waals surface area contributed by atoms with Crippen molar-refractivity contribution in [1.82, 2.24) is 0 Å². The number of esters is 2. The summed E-state index contributed by atoms with van der Waals surface area (Å²) in [6.45, 7) is 15.3. The summed E-state index contributed by atoms with van der Waals surface area (Å²) in [5.41, 5.74) is -2.70. The topological polar surface area (TPSA) is 86.7 Å². The van der Waals surface area contributed by atoms with Crippen LogP contribution in [0, 0.1) is 17.8 Å². The van der Waals surface area contributed by atoms with Gasteiger partial charge in [0.15, 0.2) is 5.78 Å². The number of alkyl halides is 6. The van der Waals surface area contributed by atoms with Crippen LogP contribution in [-0.2, 0) is 41.5 Å². The van der Waals surface area contributed by atoms with Crippen LogP contribution >= 0.6 is 0 Å². The number of carbonyl (C=O) groups is 4. The van der Waals surface area contributed by atoms with Crippen LogP contribution in [0.2, 0.25) is 0 Å². The van der Waals surface area contributed by atoms with Gasteiger partial charge in [-0.25, -0.2) is 0 Å². The Hall–Kier alpha value is -4.74. The minimum Gasteiger partial charge on any atom is -0.459 e. The maximum Gasteiger partial charge on any atom is 0.451 e. The third-order valence-corrected chi connectivity index (χ3v) is 8.71. The smallest absolute Gasteiger partial charge is 0.451 e. The summed E-state index contributed by atoms with van der Waals surface area (Å²) in [6.07, 6.45) is -1.44. The van der Waals surface area contributed by atoms with Crippen molar-refractivity contribution in [2.45, 2.75) is 97.7 Å². The van der Waals surface area contributed by atoms with Crippen LogP contribution in [-0.4, -0.2) is 47.6 Å². The van der Waals surface area contributed by atoms with Gasteiger partial charge in [-0.1, -0.05) is 86.0 Å². The molecule has 0 N–H and O–H groups in total. The third kappa shape index (κ3) is 11.9. The molecule has 0 saturated carbocycles. The molecule has 0 aliphatic heterocycles. The Labute approximate surface area is 306 Å². The average molecular weight is 749 g/mol. The second-order valence-corrected chi connectivity index (χ2v) is 14.0. The molecule has 0 heterocycles. The molecule has 288 valence electrons. The monoisotopic (exact) mass is 748 g/mol. The summed E-state index contributed by atoms with van der Waals surface area (Å²) in [6, 6.07) is 12.1. The van der Waals surface area contributed by atoms with Gasteiger partial charge < -0.3 is 9.47 Å². The molecule has 3 atom stereocenters. The number of ether oxygens (including phenoxy) is 2. The van der Waals surface area contributed by atoms with E-state index in [4.69, 9.17) is 9.47 Å². The molecule has 3 unspecified atom stereocenters. The van der Waals surface area contributed by atoms with E-state index in [1.54, 1.807) is 78.9 Å². The number of rotatable bonds is 13. The Morgan fingerprint density at radius 2 is 1.40 bits per heavy atom. The minimum atomic E-state index is -5.12. The van der Waals surface area contributed by atoms with Crippen molar-refractivity contribution in [1.29, 1.82) is 0 Å². The number of carbonyl (C=O) groups excluding carboxylic acids is 4. The van der Waals surface area contributed by atoms with E-state index in [1.807, 2.05) is 6.92 Å². The van der Waals surface area contributed by atoms with E-state index < -0.39 is 64.8 Å². The predicted molar refractivity (Wildman–Crippen MR) is 191 cm³/mol. The molecule has 0 saturated heterocycles. The van der Waals surface area contributed by atoms with E-state index in [0.29, 0.717) is 12.0 Å². The van der Waals surface area contributed by atoms with Gasteiger partial charge >= 0.3 is 24.3 Å². The first-order valence-electron chi connectivity index (χ1n) is 16.8. The number of benzene rings is 2. The van der Waals surface area contributed by atoms with Gasteiger partial charge in [-0.3, -0.25) is 19.2 Å². The van der Waals surface area contributed by atoms with Gasteiger partial charge in [-0.15, -0.1) is 0 Å². The van der Waals surface area contributed by atoms with Gasteiger partial charge in [-0.05, 0) is 101 Å². The highest BCUT2D eigenvalue weighted by Crippen LogP contribution is 2.45. The van der Waals surface area contributed by atoms with Crippen LogP contribution in [0.3, 0.4) is 0 Å². The van der Waals surface area contributed by atoms with Crippen molar-refractivity contribution in [3.63, 3.8) is 0 Å². The third-order valence-electron chi connectivity index (χ3n) is 8.71. The number of ketones is 2. The Kier molecular flexibility index (Phi) is 15.0. The molecule has 53 heavy (non-hydrogen) atoms. The molecule has 0 spiro atoms. The molecule has 0 bridgehead atoms. The standard InChI is InChI=1S/C21H21F3O3.C20H25F3O3/c1-3-15-9-11-16(12-10-15)13-14-20(2,18(25)21(22,23)24)19(26)27-17-7-5-4-6-8-17;1-7-16-9-8-15(12-13(16)2)10-11-19(14(3)24,20(21,22)23)17(25)26-18(4,5)6/h3-7,9-12,17H,1,8,13-14H2,2H3;7-9,12H,1,10-11H2,2-6H3. The zero-order chi connectivity index (χ0) is 40.4. The van der Waals surface area contributed by atoms with Gasteiger partial charge in [0.2, 0.25) is 5.41 Å². The Morgan fingerprint density at radius 3 is 1.85 bits per heavy atom. The maximum absolute atomic E-state index is 13.8. The number of hydrogen-bond donors (Lipinski definition) is 0. The molecule has 0 aromatic heterocycles. The molecule has 0 fully saturated rings. The fourth-order valence-corrected chi connectivity index (χ4v) is 5.45. The van der Waals surface area contributed by atoms with Crippen molar-refractivity contribution in [3.05, 3.63) is 108 Å². The van der Waals surface area contributed by atoms with Gasteiger partial charge in [0.25, 0.3) is 5.78 Å². The maximum atomic E-state index is 13.8. The number of aryl methyl sites for hydroxylation is 3. The SMILES string of the molecule is C=Cc1ccc(CCC(C(C)=O)(C(=O)OC(C)(C)C)C(F)(F)F)cc1C.C=Cc1ccc(CCC(C)(C(=O)OC2C=CC=CC2)C(=O)C(F)(F)F)cc1. The summed E-state index contributed by atoms with van der Waals surface area (Å²) in [5.74, 6) is -6.06. The second kappa shape index (κ2) is 17.9. The number of halogens is 6. The summed E-state index contributed by atoms with van der Waals surface area (Å²) in [7, 11) is 0. The predicted octanol–water partition coefficient (Wildman–Crippen LogP) is 9.88. The van der Waals surface area contributed by atoms with Crippen molar-refractivity contribution in [3.8, 4) is 0 Å². The summed E-state index contributed by atoms with van der Waals surface area (Å²) >= 11 is 0. The van der Waals surface area contributed by atoms with E-state index in [1.165, 1.54) is 20.8 Å². The molecule has 12 heteroatoms. The van der Waals surface area contributed by atoms with Gasteiger partial charge in [0.05, 0.1) is 0 Å². The summed E-state index contributed by atoms with van der Waals surface area (Å²) < 4.78 is 90.9. The van der Waals surface area contributed by atoms with E-state index in [9.17, 15) is 45.5 Å². The fraction of sp³-hybridized carbons (Fsp3) is 0.415. The molecule has 1 aliphatic rings. The number of Topliss-reactive ketones (excluding diaryl/α,β-unsaturated/α-hetero) is 2. The Balaban J connectivity index is 0.000000367. The summed E-state index contributed by atoms with van der Waals surface area (Å²) in [4.78, 5) is 48.9. The molecular formula is C41H46F6O6. The molecule has 3 rings (SSSR count). The van der Waals surface area contributed by atoms with Crippen molar-refractivity contribution >= 4 is 35.7 Å². The minimum absolute atomic E-state index is 0.0867. The van der Waals surface area contributed by atoms with E-state index in [0.717, 1.165) is 36.1 Å². The average Bonchev–Trinajstić information content (AvgIpc) is 3.06. The highest BCUT2D eigenvalue weighted by atomic mass is 19.4. The van der Waals surface area contributed by atoms with E-state index in [2.05, 4.69) is 13.2 Å². The Bertz CT molecular complexity index is 1710. The van der Waals surface area contributed by atoms with Crippen LogP contribution in [0.5, 0.6) is 0 Å². The lowest BCUT2D eigenvalue weighted by Gasteiger charge is -2.34. The second-order valence-electron chi connectivity index (χ2n) is 14.0. The van der Waals surface area contributed by atoms with Crippen molar-refractivity contribution < 1.29 is 55.0 Å². The number of allylic oxidation sites excluding steroid dienone is 2. The molecule has 0 radical (unpaired) electrons. The van der Waals surface area contributed by atoms with E-state index >= 15 is 0 Å². The van der Waals surface area contributed by atoms with Gasteiger partial charge in [0.1, 0.15) is 17.1 Å². The highest BCUT2D eigenvalue weighted by molar-refractivity contribution is 6.06. The largest absolute Gasteiger partial charge is 0.459 e. The van der Waals surface area contributed by atoms with Crippen LogP contribution in [0.1, 0.15) is 81.7 Å². The summed E-state index contributed by atoms with van der Waals surface area (Å²) in [5, 5.41) is 0. The molecule has 2 aromatic rings. The van der Waals surface area contributed by atoms with Crippen LogP contribution in [0.25, 0.3) is 12.2 Å². The molecule has 0 amide bonds. The first kappa shape index (κ1) is 44.4. The Morgan fingerprint density at radius 1 is 0.811 bits per heavy atom. The lowest BCUT2D eigenvalue weighted by atomic mass is 9.77. The number of hydrogen-bond acceptors (Lipinski definition) is 6. The van der Waals surface area contributed by atoms with Gasteiger partial charge in [0, 0.05) is 6.42 Å².